The highest BCUT2D eigenvalue weighted by molar-refractivity contribution is 5.79. The maximum absolute atomic E-state index is 12.2. The molecule has 2 amide bonds. The third-order valence-electron chi connectivity index (χ3n) is 4.81. The molecule has 1 aliphatic carbocycles. The van der Waals surface area contributed by atoms with Gasteiger partial charge in [-0.05, 0) is 31.1 Å². The minimum absolute atomic E-state index is 0.102. The molecule has 0 bridgehead atoms. The average molecular weight is 268 g/mol. The number of carbonyl (C=O) groups excluding carboxylic acids is 1. The molecule has 2 fully saturated rings. The van der Waals surface area contributed by atoms with E-state index < -0.39 is 11.4 Å². The summed E-state index contributed by atoms with van der Waals surface area (Å²) in [5, 5.41) is 12.4. The molecule has 0 aromatic heterocycles. The number of carbonyl (C=O) groups is 2. The quantitative estimate of drug-likeness (QED) is 0.823. The third kappa shape index (κ3) is 2.69. The van der Waals surface area contributed by atoms with Gasteiger partial charge < -0.3 is 15.3 Å². The maximum atomic E-state index is 12.2. The van der Waals surface area contributed by atoms with Gasteiger partial charge in [0, 0.05) is 19.1 Å². The zero-order chi connectivity index (χ0) is 14.3. The zero-order valence-electron chi connectivity index (χ0n) is 12.0. The average Bonchev–Trinajstić information content (AvgIpc) is 2.96. The van der Waals surface area contributed by atoms with Crippen molar-refractivity contribution in [3.8, 4) is 0 Å². The summed E-state index contributed by atoms with van der Waals surface area (Å²) >= 11 is 0. The normalized spacial score (nSPS) is 32.8. The Hall–Kier alpha value is -1.26. The third-order valence-corrected chi connectivity index (χ3v) is 4.81. The summed E-state index contributed by atoms with van der Waals surface area (Å²) in [7, 11) is 0. The van der Waals surface area contributed by atoms with Crippen molar-refractivity contribution in [2.24, 2.45) is 10.8 Å². The molecule has 1 saturated heterocycles. The topological polar surface area (TPSA) is 69.6 Å². The fourth-order valence-corrected chi connectivity index (χ4v) is 2.87. The van der Waals surface area contributed by atoms with E-state index in [-0.39, 0.29) is 17.5 Å². The Morgan fingerprint density at radius 1 is 1.42 bits per heavy atom. The van der Waals surface area contributed by atoms with Gasteiger partial charge in [0.05, 0.1) is 5.41 Å². The number of carboxylic acids is 1. The fraction of sp³-hybridized carbons (Fsp3) is 0.857. The van der Waals surface area contributed by atoms with Gasteiger partial charge in [-0.2, -0.15) is 0 Å². The first-order chi connectivity index (χ1) is 8.81. The number of urea groups is 1. The monoisotopic (exact) mass is 268 g/mol. The number of hydrogen-bond donors (Lipinski definition) is 2. The summed E-state index contributed by atoms with van der Waals surface area (Å²) in [5.74, 6) is -0.778. The van der Waals surface area contributed by atoms with E-state index in [0.29, 0.717) is 25.9 Å². The zero-order valence-corrected chi connectivity index (χ0v) is 12.0. The number of rotatable bonds is 3. The van der Waals surface area contributed by atoms with Crippen molar-refractivity contribution in [3.05, 3.63) is 0 Å². The second-order valence-electron chi connectivity index (χ2n) is 6.66. The summed E-state index contributed by atoms with van der Waals surface area (Å²) < 4.78 is 0. The van der Waals surface area contributed by atoms with Crippen LogP contribution in [0.1, 0.15) is 46.5 Å². The van der Waals surface area contributed by atoms with Gasteiger partial charge in [0.25, 0.3) is 0 Å². The molecule has 1 saturated carbocycles. The van der Waals surface area contributed by atoms with E-state index in [4.69, 9.17) is 0 Å². The van der Waals surface area contributed by atoms with Crippen LogP contribution in [-0.4, -0.2) is 41.1 Å². The van der Waals surface area contributed by atoms with E-state index in [2.05, 4.69) is 19.2 Å². The lowest BCUT2D eigenvalue weighted by atomic mass is 9.78. The first-order valence-electron chi connectivity index (χ1n) is 7.09. The van der Waals surface area contributed by atoms with Crippen molar-refractivity contribution in [1.29, 1.82) is 0 Å². The van der Waals surface area contributed by atoms with E-state index in [1.165, 1.54) is 0 Å². The van der Waals surface area contributed by atoms with Crippen LogP contribution in [0.15, 0.2) is 0 Å². The number of likely N-dealkylation sites (tertiary alicyclic amines) is 1. The maximum Gasteiger partial charge on any atom is 0.317 e. The highest BCUT2D eigenvalue weighted by Gasteiger charge is 2.48. The molecule has 0 radical (unpaired) electrons. The van der Waals surface area contributed by atoms with Crippen LogP contribution in [0.5, 0.6) is 0 Å². The number of amides is 2. The lowest BCUT2D eigenvalue weighted by molar-refractivity contribution is -0.152. The molecule has 1 aliphatic heterocycles. The van der Waals surface area contributed by atoms with Crippen molar-refractivity contribution in [3.63, 3.8) is 0 Å². The molecule has 2 rings (SSSR count). The van der Waals surface area contributed by atoms with Gasteiger partial charge in [0.2, 0.25) is 0 Å². The van der Waals surface area contributed by atoms with Crippen LogP contribution >= 0.6 is 0 Å². The van der Waals surface area contributed by atoms with Crippen molar-refractivity contribution in [1.82, 2.24) is 10.2 Å². The Labute approximate surface area is 114 Å². The molecule has 2 unspecified atom stereocenters. The van der Waals surface area contributed by atoms with Gasteiger partial charge in [-0.3, -0.25) is 4.79 Å². The smallest absolute Gasteiger partial charge is 0.317 e. The molecule has 5 nitrogen and oxygen atoms in total. The first kappa shape index (κ1) is 14.2. The second-order valence-corrected chi connectivity index (χ2v) is 6.66. The minimum Gasteiger partial charge on any atom is -0.481 e. The first-order valence-corrected chi connectivity index (χ1v) is 7.09. The van der Waals surface area contributed by atoms with Crippen LogP contribution in [0.25, 0.3) is 0 Å². The Bertz CT molecular complexity index is 394. The molecule has 19 heavy (non-hydrogen) atoms. The molecular formula is C14H24N2O3. The molecule has 2 N–H and O–H groups in total. The predicted molar refractivity (Wildman–Crippen MR) is 71.9 cm³/mol. The van der Waals surface area contributed by atoms with Crippen molar-refractivity contribution < 1.29 is 14.7 Å². The largest absolute Gasteiger partial charge is 0.481 e. The van der Waals surface area contributed by atoms with E-state index in [0.717, 1.165) is 12.8 Å². The van der Waals surface area contributed by atoms with Crippen molar-refractivity contribution in [2.45, 2.75) is 52.5 Å². The fourth-order valence-electron chi connectivity index (χ4n) is 2.87. The number of nitrogens with zero attached hydrogens (tertiary/aromatic N) is 1. The number of carboxylic acid groups (broad SMARTS) is 1. The lowest BCUT2D eigenvalue weighted by Crippen LogP contribution is -2.53. The molecule has 108 valence electrons. The Kier molecular flexibility index (Phi) is 3.49. The van der Waals surface area contributed by atoms with Crippen LogP contribution in [0.4, 0.5) is 4.79 Å². The Morgan fingerprint density at radius 3 is 2.53 bits per heavy atom. The van der Waals surface area contributed by atoms with Crippen LogP contribution < -0.4 is 5.32 Å². The molecule has 5 heteroatoms. The van der Waals surface area contributed by atoms with E-state index in [1.807, 2.05) is 6.92 Å². The second kappa shape index (κ2) is 4.69. The molecule has 0 aromatic carbocycles. The van der Waals surface area contributed by atoms with Crippen molar-refractivity contribution in [2.75, 3.05) is 13.1 Å². The number of aliphatic carboxylic acids is 1. The highest BCUT2D eigenvalue weighted by atomic mass is 16.4. The van der Waals surface area contributed by atoms with E-state index >= 15 is 0 Å². The summed E-state index contributed by atoms with van der Waals surface area (Å²) in [6.45, 7) is 7.13. The molecule has 2 aliphatic rings. The number of piperidine rings is 1. The Morgan fingerprint density at radius 2 is 2.05 bits per heavy atom. The van der Waals surface area contributed by atoms with Gasteiger partial charge in [-0.1, -0.05) is 20.8 Å². The molecule has 0 aromatic rings. The van der Waals surface area contributed by atoms with Gasteiger partial charge in [-0.25, -0.2) is 4.79 Å². The molecule has 1 heterocycles. The van der Waals surface area contributed by atoms with Gasteiger partial charge in [0.1, 0.15) is 0 Å². The highest BCUT2D eigenvalue weighted by Crippen LogP contribution is 2.44. The van der Waals surface area contributed by atoms with Crippen LogP contribution in [-0.2, 0) is 4.79 Å². The minimum atomic E-state index is -0.778. The lowest BCUT2D eigenvalue weighted by Gasteiger charge is -2.39. The van der Waals surface area contributed by atoms with Crippen LogP contribution in [0.2, 0.25) is 0 Å². The summed E-state index contributed by atoms with van der Waals surface area (Å²) in [5.41, 5.74) is -0.561. The van der Waals surface area contributed by atoms with E-state index in [1.54, 1.807) is 4.90 Å². The Balaban J connectivity index is 1.97. The predicted octanol–water partition coefficient (Wildman–Crippen LogP) is 2.07. The number of nitrogens with one attached hydrogen (secondary N) is 1. The van der Waals surface area contributed by atoms with E-state index in [9.17, 15) is 14.7 Å². The van der Waals surface area contributed by atoms with Gasteiger partial charge >= 0.3 is 12.0 Å². The van der Waals surface area contributed by atoms with Gasteiger partial charge in [-0.15, -0.1) is 0 Å². The summed E-state index contributed by atoms with van der Waals surface area (Å²) in [6, 6.07) is 0.136. The summed E-state index contributed by atoms with van der Waals surface area (Å²) in [4.78, 5) is 25.3. The van der Waals surface area contributed by atoms with Gasteiger partial charge in [0.15, 0.2) is 0 Å². The number of hydrogen-bond acceptors (Lipinski definition) is 2. The molecule has 2 atom stereocenters. The molecular weight excluding hydrogens is 244 g/mol. The SMILES string of the molecule is CCC1(C(=O)O)CCCN(C(=O)NC2CC2(C)C)C1. The standard InChI is InChI=1S/C14H24N2O3/c1-4-14(11(17)18)6-5-7-16(9-14)12(19)15-10-8-13(10,2)3/h10H,4-9H2,1-3H3,(H,15,19)(H,17,18). The molecule has 0 spiro atoms. The van der Waals surface area contributed by atoms with Crippen LogP contribution in [0.3, 0.4) is 0 Å². The van der Waals surface area contributed by atoms with Crippen LogP contribution in [0, 0.1) is 10.8 Å². The van der Waals surface area contributed by atoms with Crippen molar-refractivity contribution >= 4 is 12.0 Å². The summed E-state index contributed by atoms with van der Waals surface area (Å²) in [6.07, 6.45) is 3.00.